The molecule has 0 aliphatic carbocycles. The average Bonchev–Trinajstić information content (AvgIpc) is 3.32. The number of imidazole rings is 2. The number of nitrogens with two attached hydrogens (primary N) is 1. The number of halogens is 1. The summed E-state index contributed by atoms with van der Waals surface area (Å²) in [5.74, 6) is 1.04. The molecule has 0 amide bonds. The van der Waals surface area contributed by atoms with Crippen LogP contribution in [0.15, 0.2) is 54.9 Å². The van der Waals surface area contributed by atoms with Crippen molar-refractivity contribution in [1.29, 1.82) is 0 Å². The highest BCUT2D eigenvalue weighted by Gasteiger charge is 2.20. The fourth-order valence-corrected chi connectivity index (χ4v) is 3.43. The van der Waals surface area contributed by atoms with E-state index in [2.05, 4.69) is 25.3 Å². The molecule has 0 radical (unpaired) electrons. The second-order valence-corrected chi connectivity index (χ2v) is 6.67. The van der Waals surface area contributed by atoms with Crippen molar-refractivity contribution < 1.29 is 4.39 Å². The Balaban J connectivity index is 1.65. The Hall–Kier alpha value is -4.01. The zero-order valence-electron chi connectivity index (χ0n) is 15.5. The van der Waals surface area contributed by atoms with E-state index in [1.165, 1.54) is 18.5 Å². The van der Waals surface area contributed by atoms with E-state index in [-0.39, 0.29) is 17.8 Å². The van der Waals surface area contributed by atoms with Crippen LogP contribution in [0.5, 0.6) is 0 Å². The number of benzene rings is 2. The highest BCUT2D eigenvalue weighted by Crippen LogP contribution is 2.29. The first-order valence-corrected chi connectivity index (χ1v) is 9.06. The highest BCUT2D eigenvalue weighted by molar-refractivity contribution is 5.84. The predicted molar refractivity (Wildman–Crippen MR) is 109 cm³/mol. The van der Waals surface area contributed by atoms with Crippen LogP contribution in [0.1, 0.15) is 18.8 Å². The number of aromatic nitrogens is 6. The van der Waals surface area contributed by atoms with Gasteiger partial charge in [-0.05, 0) is 31.2 Å². The first-order valence-electron chi connectivity index (χ1n) is 9.06. The Morgan fingerprint density at radius 1 is 1.10 bits per heavy atom. The molecule has 3 heterocycles. The molecular weight excluding hydrogens is 371 g/mol. The number of para-hydroxylation sites is 1. The molecule has 9 heteroatoms. The molecule has 0 fully saturated rings. The van der Waals surface area contributed by atoms with Crippen LogP contribution in [0.3, 0.4) is 0 Å². The van der Waals surface area contributed by atoms with E-state index in [4.69, 9.17) is 10.7 Å². The molecule has 0 bridgehead atoms. The number of H-pyrrole nitrogens is 1. The summed E-state index contributed by atoms with van der Waals surface area (Å²) in [6.45, 7) is 1.96. The molecule has 1 atom stereocenters. The van der Waals surface area contributed by atoms with Crippen molar-refractivity contribution in [2.45, 2.75) is 13.0 Å². The SMILES string of the molecule is CC(Nc1nc(N)nc2nc[nH]c12)c1nc2ccc(F)cc2n1-c1ccccc1. The molecule has 2 aromatic carbocycles. The van der Waals surface area contributed by atoms with Crippen molar-refractivity contribution in [3.05, 3.63) is 66.5 Å². The van der Waals surface area contributed by atoms with Gasteiger partial charge in [-0.2, -0.15) is 9.97 Å². The van der Waals surface area contributed by atoms with Crippen molar-refractivity contribution in [2.75, 3.05) is 11.1 Å². The smallest absolute Gasteiger partial charge is 0.224 e. The Morgan fingerprint density at radius 2 is 1.93 bits per heavy atom. The van der Waals surface area contributed by atoms with Gasteiger partial charge >= 0.3 is 0 Å². The minimum Gasteiger partial charge on any atom is -0.368 e. The highest BCUT2D eigenvalue weighted by atomic mass is 19.1. The maximum atomic E-state index is 14.0. The molecule has 3 aromatic heterocycles. The van der Waals surface area contributed by atoms with Gasteiger partial charge in [0.2, 0.25) is 5.95 Å². The second kappa shape index (κ2) is 6.55. The van der Waals surface area contributed by atoms with E-state index in [0.717, 1.165) is 5.69 Å². The lowest BCUT2D eigenvalue weighted by molar-refractivity contribution is 0.629. The predicted octanol–water partition coefficient (Wildman–Crippen LogP) is 3.59. The van der Waals surface area contributed by atoms with Crippen molar-refractivity contribution in [1.82, 2.24) is 29.5 Å². The van der Waals surface area contributed by atoms with Gasteiger partial charge < -0.3 is 16.0 Å². The standard InChI is InChI=1S/C20H17FN8/c1-11(25-18-16-17(24-10-23-16)27-20(22)28-18)19-26-14-8-7-12(21)9-15(14)29(19)13-5-3-2-4-6-13/h2-11H,1H3,(H4,22,23,24,25,27,28). The number of nitrogen functional groups attached to an aromatic ring is 1. The maximum absolute atomic E-state index is 14.0. The van der Waals surface area contributed by atoms with Gasteiger partial charge in [0.25, 0.3) is 0 Å². The zero-order valence-corrected chi connectivity index (χ0v) is 15.5. The van der Waals surface area contributed by atoms with Crippen LogP contribution in [0, 0.1) is 5.82 Å². The number of hydrogen-bond donors (Lipinski definition) is 3. The monoisotopic (exact) mass is 388 g/mol. The molecule has 4 N–H and O–H groups in total. The van der Waals surface area contributed by atoms with E-state index < -0.39 is 0 Å². The van der Waals surface area contributed by atoms with Gasteiger partial charge in [0, 0.05) is 11.8 Å². The van der Waals surface area contributed by atoms with E-state index in [1.54, 1.807) is 6.07 Å². The summed E-state index contributed by atoms with van der Waals surface area (Å²) in [6, 6.07) is 14.0. The van der Waals surface area contributed by atoms with Gasteiger partial charge in [0.05, 0.1) is 23.4 Å². The van der Waals surface area contributed by atoms with Crippen LogP contribution < -0.4 is 11.1 Å². The third-order valence-electron chi connectivity index (χ3n) is 4.70. The fraction of sp³-hybridized carbons (Fsp3) is 0.100. The Kier molecular flexibility index (Phi) is 3.87. The van der Waals surface area contributed by atoms with E-state index in [9.17, 15) is 4.39 Å². The minimum atomic E-state index is -0.315. The van der Waals surface area contributed by atoms with Gasteiger partial charge in [-0.1, -0.05) is 18.2 Å². The number of rotatable bonds is 4. The van der Waals surface area contributed by atoms with E-state index in [0.29, 0.717) is 33.8 Å². The van der Waals surface area contributed by atoms with Gasteiger partial charge in [0.15, 0.2) is 11.5 Å². The fourth-order valence-electron chi connectivity index (χ4n) is 3.43. The number of hydrogen-bond acceptors (Lipinski definition) is 6. The minimum absolute atomic E-state index is 0.123. The Morgan fingerprint density at radius 3 is 2.76 bits per heavy atom. The normalized spacial score (nSPS) is 12.5. The lowest BCUT2D eigenvalue weighted by atomic mass is 10.2. The number of aromatic amines is 1. The Labute approximate surface area is 164 Å². The quantitative estimate of drug-likeness (QED) is 0.434. The molecule has 8 nitrogen and oxygen atoms in total. The van der Waals surface area contributed by atoms with Gasteiger partial charge in [-0.3, -0.25) is 4.57 Å². The summed E-state index contributed by atoms with van der Waals surface area (Å²) in [5.41, 5.74) is 9.23. The molecular formula is C20H17FN8. The lowest BCUT2D eigenvalue weighted by Gasteiger charge is -2.17. The molecule has 0 aliphatic heterocycles. The molecule has 144 valence electrons. The molecule has 1 unspecified atom stereocenters. The van der Waals surface area contributed by atoms with Gasteiger partial charge in [-0.25, -0.2) is 14.4 Å². The molecule has 5 rings (SSSR count). The average molecular weight is 388 g/mol. The number of nitrogens with zero attached hydrogens (tertiary/aromatic N) is 5. The van der Waals surface area contributed by atoms with Gasteiger partial charge in [0.1, 0.15) is 17.2 Å². The summed E-state index contributed by atoms with van der Waals surface area (Å²) >= 11 is 0. The summed E-state index contributed by atoms with van der Waals surface area (Å²) in [6.07, 6.45) is 1.54. The maximum Gasteiger partial charge on any atom is 0.224 e. The number of fused-ring (bicyclic) bond motifs is 2. The summed E-state index contributed by atoms with van der Waals surface area (Å²) in [7, 11) is 0. The second-order valence-electron chi connectivity index (χ2n) is 6.67. The van der Waals surface area contributed by atoms with Crippen molar-refractivity contribution in [2.24, 2.45) is 0 Å². The summed E-state index contributed by atoms with van der Waals surface area (Å²) in [5, 5.41) is 3.33. The van der Waals surface area contributed by atoms with Crippen LogP contribution in [0.2, 0.25) is 0 Å². The molecule has 29 heavy (non-hydrogen) atoms. The molecule has 0 spiro atoms. The van der Waals surface area contributed by atoms with Crippen LogP contribution in [-0.4, -0.2) is 29.5 Å². The van der Waals surface area contributed by atoms with E-state index in [1.807, 2.05) is 41.8 Å². The Bertz CT molecular complexity index is 1320. The van der Waals surface area contributed by atoms with Gasteiger partial charge in [-0.15, -0.1) is 0 Å². The molecule has 0 aliphatic rings. The van der Waals surface area contributed by atoms with Crippen molar-refractivity contribution in [3.63, 3.8) is 0 Å². The van der Waals surface area contributed by atoms with Crippen LogP contribution in [-0.2, 0) is 0 Å². The van der Waals surface area contributed by atoms with Crippen LogP contribution in [0.25, 0.3) is 27.9 Å². The molecule has 0 saturated heterocycles. The van der Waals surface area contributed by atoms with E-state index >= 15 is 0 Å². The van der Waals surface area contributed by atoms with Crippen LogP contribution in [0.4, 0.5) is 16.2 Å². The van der Waals surface area contributed by atoms with Crippen molar-refractivity contribution in [3.8, 4) is 5.69 Å². The zero-order chi connectivity index (χ0) is 20.0. The van der Waals surface area contributed by atoms with Crippen molar-refractivity contribution >= 4 is 34.0 Å². The van der Waals surface area contributed by atoms with Crippen LogP contribution >= 0.6 is 0 Å². The third-order valence-corrected chi connectivity index (χ3v) is 4.70. The molecule has 5 aromatic rings. The molecule has 0 saturated carbocycles. The number of nitrogens with one attached hydrogen (secondary N) is 2. The topological polar surface area (TPSA) is 110 Å². The summed E-state index contributed by atoms with van der Waals surface area (Å²) < 4.78 is 15.9. The first-order chi connectivity index (χ1) is 14.1. The third kappa shape index (κ3) is 2.92. The first kappa shape index (κ1) is 17.1. The lowest BCUT2D eigenvalue weighted by Crippen LogP contribution is -2.15. The number of anilines is 2. The largest absolute Gasteiger partial charge is 0.368 e. The summed E-state index contributed by atoms with van der Waals surface area (Å²) in [4.78, 5) is 20.3.